The Labute approximate surface area is 109 Å². The van der Waals surface area contributed by atoms with Crippen LogP contribution >= 0.6 is 0 Å². The van der Waals surface area contributed by atoms with E-state index in [-0.39, 0.29) is 17.4 Å². The lowest BCUT2D eigenvalue weighted by Gasteiger charge is -2.22. The molecule has 0 amide bonds. The van der Waals surface area contributed by atoms with Crippen LogP contribution in [0.25, 0.3) is 0 Å². The highest BCUT2D eigenvalue weighted by molar-refractivity contribution is 6.36. The van der Waals surface area contributed by atoms with Crippen molar-refractivity contribution >= 4 is 46.6 Å². The van der Waals surface area contributed by atoms with Crippen LogP contribution in [0.15, 0.2) is 0 Å². The Bertz CT molecular complexity index is 348. The number of hydrogen-bond donors (Lipinski definition) is 0. The Morgan fingerprint density at radius 3 is 1.24 bits per heavy atom. The monoisotopic (exact) mass is 255 g/mol. The molecule has 0 saturated carbocycles. The van der Waals surface area contributed by atoms with Crippen LogP contribution in [0.4, 0.5) is 0 Å². The van der Waals surface area contributed by atoms with Gasteiger partial charge in [-0.15, -0.1) is 0 Å². The highest BCUT2D eigenvalue weighted by Gasteiger charge is 2.54. The summed E-state index contributed by atoms with van der Waals surface area (Å²) in [6.07, 6.45) is 0. The Hall–Kier alpha value is -1.32. The molecule has 0 fully saturated rings. The number of ketones is 3. The average molecular weight is 255 g/mol. The Morgan fingerprint density at radius 2 is 1.06 bits per heavy atom. The van der Waals surface area contributed by atoms with Crippen LogP contribution in [-0.4, -0.2) is 46.6 Å². The van der Waals surface area contributed by atoms with Gasteiger partial charge in [0.05, 0.1) is 0 Å². The SMILES string of the molecule is CC(=O)OC(=O)C(C(C)=O)(C(C)=O)C(C)=O.[Al]. The molecule has 7 heteroatoms. The minimum atomic E-state index is -2.51. The van der Waals surface area contributed by atoms with E-state index >= 15 is 0 Å². The van der Waals surface area contributed by atoms with Crippen LogP contribution in [-0.2, 0) is 28.7 Å². The van der Waals surface area contributed by atoms with Gasteiger partial charge in [0.25, 0.3) is 0 Å². The molecule has 0 aliphatic carbocycles. The molecule has 91 valence electrons. The molecular weight excluding hydrogens is 243 g/mol. The van der Waals surface area contributed by atoms with Gasteiger partial charge in [-0.25, -0.2) is 4.79 Å². The molecule has 0 rings (SSSR count). The molecule has 0 saturated heterocycles. The maximum atomic E-state index is 11.5. The van der Waals surface area contributed by atoms with Crippen LogP contribution in [0, 0.1) is 5.41 Å². The largest absolute Gasteiger partial charge is 0.392 e. The van der Waals surface area contributed by atoms with Gasteiger partial charge >= 0.3 is 11.9 Å². The lowest BCUT2D eigenvalue weighted by atomic mass is 9.77. The fourth-order valence-corrected chi connectivity index (χ4v) is 1.38. The lowest BCUT2D eigenvalue weighted by Crippen LogP contribution is -2.51. The molecule has 0 aliphatic rings. The van der Waals surface area contributed by atoms with Gasteiger partial charge in [-0.2, -0.15) is 0 Å². The van der Waals surface area contributed by atoms with Gasteiger partial charge in [0.1, 0.15) is 0 Å². The first kappa shape index (κ1) is 18.1. The van der Waals surface area contributed by atoms with Gasteiger partial charge in [0, 0.05) is 24.3 Å². The molecule has 3 radical (unpaired) electrons. The zero-order valence-electron chi connectivity index (χ0n) is 10.0. The third kappa shape index (κ3) is 3.32. The van der Waals surface area contributed by atoms with E-state index < -0.39 is 34.7 Å². The summed E-state index contributed by atoms with van der Waals surface area (Å²) in [5.41, 5.74) is -2.51. The third-order valence-corrected chi connectivity index (χ3v) is 2.13. The molecule has 0 N–H and O–H groups in total. The van der Waals surface area contributed by atoms with E-state index in [1.54, 1.807) is 0 Å². The molecule has 0 aromatic carbocycles. The van der Waals surface area contributed by atoms with Crippen molar-refractivity contribution in [1.29, 1.82) is 0 Å². The Morgan fingerprint density at radius 1 is 0.765 bits per heavy atom. The van der Waals surface area contributed by atoms with Gasteiger partial charge in [0.15, 0.2) is 17.3 Å². The second-order valence-electron chi connectivity index (χ2n) is 3.30. The van der Waals surface area contributed by atoms with Crippen LogP contribution in [0.1, 0.15) is 27.7 Å². The molecule has 0 bridgehead atoms. The first-order chi connectivity index (χ1) is 7.17. The van der Waals surface area contributed by atoms with Crippen molar-refractivity contribution in [3.63, 3.8) is 0 Å². The summed E-state index contributed by atoms with van der Waals surface area (Å²) in [7, 11) is 0. The first-order valence-electron chi connectivity index (χ1n) is 4.43. The van der Waals surface area contributed by atoms with E-state index in [1.165, 1.54) is 0 Å². The molecule has 0 unspecified atom stereocenters. The van der Waals surface area contributed by atoms with E-state index in [9.17, 15) is 24.0 Å². The number of rotatable bonds is 4. The van der Waals surface area contributed by atoms with Gasteiger partial charge < -0.3 is 4.74 Å². The maximum Gasteiger partial charge on any atom is 0.342 e. The molecule has 0 aromatic heterocycles. The lowest BCUT2D eigenvalue weighted by molar-refractivity contribution is -0.170. The van der Waals surface area contributed by atoms with Crippen molar-refractivity contribution in [2.75, 3.05) is 0 Å². The van der Waals surface area contributed by atoms with Crippen LogP contribution in [0.5, 0.6) is 0 Å². The molecule has 0 spiro atoms. The number of esters is 2. The molecular formula is C10H12AlO6. The van der Waals surface area contributed by atoms with E-state index in [1.807, 2.05) is 0 Å². The predicted octanol–water partition coefficient (Wildman–Crippen LogP) is -0.551. The molecule has 0 heterocycles. The zero-order chi connectivity index (χ0) is 13.1. The minimum Gasteiger partial charge on any atom is -0.392 e. The summed E-state index contributed by atoms with van der Waals surface area (Å²) < 4.78 is 4.16. The van der Waals surface area contributed by atoms with Crippen LogP contribution < -0.4 is 0 Å². The van der Waals surface area contributed by atoms with Gasteiger partial charge in [-0.1, -0.05) is 0 Å². The maximum absolute atomic E-state index is 11.5. The molecule has 0 aliphatic heterocycles. The van der Waals surface area contributed by atoms with Gasteiger partial charge in [-0.05, 0) is 20.8 Å². The van der Waals surface area contributed by atoms with Crippen LogP contribution in [0.2, 0.25) is 0 Å². The van der Waals surface area contributed by atoms with Crippen LogP contribution in [0.3, 0.4) is 0 Å². The number of hydrogen-bond acceptors (Lipinski definition) is 6. The summed E-state index contributed by atoms with van der Waals surface area (Å²) in [5.74, 6) is -5.30. The molecule has 0 atom stereocenters. The summed E-state index contributed by atoms with van der Waals surface area (Å²) in [4.78, 5) is 56.0. The minimum absolute atomic E-state index is 0. The fraction of sp³-hybridized carbons (Fsp3) is 0.500. The third-order valence-electron chi connectivity index (χ3n) is 2.13. The standard InChI is InChI=1S/C10H12O6.Al/c1-5(11)10(6(2)12,7(3)13)9(15)16-8(4)14;/h1-4H3;. The average Bonchev–Trinajstić information content (AvgIpc) is 1.99. The summed E-state index contributed by atoms with van der Waals surface area (Å²) >= 11 is 0. The number of carbonyl (C=O) groups excluding carboxylic acids is 5. The van der Waals surface area contributed by atoms with E-state index in [2.05, 4.69) is 4.74 Å². The van der Waals surface area contributed by atoms with E-state index in [0.717, 1.165) is 27.7 Å². The number of Topliss-reactive ketones (excluding diaryl/α,β-unsaturated/α-hetero) is 3. The number of carbonyl (C=O) groups is 5. The first-order valence-corrected chi connectivity index (χ1v) is 4.43. The van der Waals surface area contributed by atoms with Crippen molar-refractivity contribution in [2.45, 2.75) is 27.7 Å². The molecule has 0 aromatic rings. The van der Waals surface area contributed by atoms with Gasteiger partial charge in [-0.3, -0.25) is 19.2 Å². The zero-order valence-corrected chi connectivity index (χ0v) is 11.2. The van der Waals surface area contributed by atoms with Crippen molar-refractivity contribution in [1.82, 2.24) is 0 Å². The van der Waals surface area contributed by atoms with E-state index in [4.69, 9.17) is 0 Å². The van der Waals surface area contributed by atoms with Crippen molar-refractivity contribution in [2.24, 2.45) is 5.41 Å². The molecule has 6 nitrogen and oxygen atoms in total. The topological polar surface area (TPSA) is 94.6 Å². The molecule has 17 heavy (non-hydrogen) atoms. The normalized spacial score (nSPS) is 9.88. The smallest absolute Gasteiger partial charge is 0.342 e. The predicted molar refractivity (Wildman–Crippen MR) is 57.0 cm³/mol. The van der Waals surface area contributed by atoms with Crippen molar-refractivity contribution in [3.8, 4) is 0 Å². The highest BCUT2D eigenvalue weighted by Crippen LogP contribution is 2.24. The Kier molecular flexibility index (Phi) is 6.83. The highest BCUT2D eigenvalue weighted by atomic mass is 27.0. The summed E-state index contributed by atoms with van der Waals surface area (Å²) in [6.45, 7) is 3.70. The number of ether oxygens (including phenoxy) is 1. The van der Waals surface area contributed by atoms with Crippen molar-refractivity contribution in [3.05, 3.63) is 0 Å². The fourth-order valence-electron chi connectivity index (χ4n) is 1.38. The summed E-state index contributed by atoms with van der Waals surface area (Å²) in [6, 6.07) is 0. The summed E-state index contributed by atoms with van der Waals surface area (Å²) in [5, 5.41) is 0. The second-order valence-corrected chi connectivity index (χ2v) is 3.30. The van der Waals surface area contributed by atoms with Gasteiger partial charge in [0.2, 0.25) is 5.41 Å². The quantitative estimate of drug-likeness (QED) is 0.380. The second kappa shape index (κ2) is 6.43. The van der Waals surface area contributed by atoms with E-state index in [0.29, 0.717) is 0 Å². The Balaban J connectivity index is 0. The van der Waals surface area contributed by atoms with Crippen molar-refractivity contribution < 1.29 is 28.7 Å².